The summed E-state index contributed by atoms with van der Waals surface area (Å²) in [6.07, 6.45) is 0. The van der Waals surface area contributed by atoms with Crippen LogP contribution in [0.3, 0.4) is 0 Å². The maximum Gasteiger partial charge on any atom is 0.138 e. The Morgan fingerprint density at radius 3 is 2.31 bits per heavy atom. The van der Waals surface area contributed by atoms with Crippen molar-refractivity contribution in [3.05, 3.63) is 86.8 Å². The number of hydrogen-bond acceptors (Lipinski definition) is 1. The van der Waals surface area contributed by atoms with Crippen molar-refractivity contribution in [1.29, 1.82) is 0 Å². The van der Waals surface area contributed by atoms with E-state index in [2.05, 4.69) is 55.0 Å². The smallest absolute Gasteiger partial charge is 0.138 e. The van der Waals surface area contributed by atoms with Crippen molar-refractivity contribution in [2.45, 2.75) is 0 Å². The predicted octanol–water partition coefficient (Wildman–Crippen LogP) is 7.59. The zero-order valence-electron chi connectivity index (χ0n) is 13.5. The summed E-state index contributed by atoms with van der Waals surface area (Å²) in [5.74, 6) is 0.788. The molecule has 0 fully saturated rings. The molecule has 4 aromatic rings. The van der Waals surface area contributed by atoms with E-state index in [9.17, 15) is 0 Å². The summed E-state index contributed by atoms with van der Waals surface area (Å²) in [6.45, 7) is 0. The van der Waals surface area contributed by atoms with E-state index in [1.165, 1.54) is 0 Å². The lowest BCUT2D eigenvalue weighted by Gasteiger charge is -2.05. The van der Waals surface area contributed by atoms with Gasteiger partial charge in [-0.25, -0.2) is 4.98 Å². The highest BCUT2D eigenvalue weighted by Crippen LogP contribution is 2.37. The van der Waals surface area contributed by atoms with Crippen molar-refractivity contribution in [2.24, 2.45) is 0 Å². The van der Waals surface area contributed by atoms with E-state index < -0.39 is 0 Å². The third kappa shape index (κ3) is 3.50. The van der Waals surface area contributed by atoms with Gasteiger partial charge in [-0.05, 0) is 30.3 Å². The monoisotopic (exact) mass is 486 g/mol. The molecule has 0 saturated carbocycles. The van der Waals surface area contributed by atoms with Gasteiger partial charge in [-0.2, -0.15) is 0 Å². The van der Waals surface area contributed by atoms with E-state index in [0.29, 0.717) is 5.02 Å². The maximum atomic E-state index is 6.16. The zero-order valence-corrected chi connectivity index (χ0v) is 17.4. The molecule has 3 aromatic carbocycles. The number of nitrogens with zero attached hydrogens (tertiary/aromatic N) is 1. The number of imidazole rings is 1. The Kier molecular flexibility index (Phi) is 4.98. The first-order valence-corrected chi connectivity index (χ1v) is 9.95. The summed E-state index contributed by atoms with van der Waals surface area (Å²) in [7, 11) is 0. The average Bonchev–Trinajstić information content (AvgIpc) is 3.08. The van der Waals surface area contributed by atoms with Crippen LogP contribution >= 0.6 is 43.5 Å². The lowest BCUT2D eigenvalue weighted by molar-refractivity contribution is 1.31. The van der Waals surface area contributed by atoms with Gasteiger partial charge in [0.2, 0.25) is 0 Å². The number of nitrogens with one attached hydrogen (secondary N) is 1. The fourth-order valence-electron chi connectivity index (χ4n) is 2.82. The SMILES string of the molecule is Clc1cccc(-c2nc(-c3ccc(Br)cc3)c(-c3ccccc3Br)[nH]2)c1. The Morgan fingerprint density at radius 1 is 0.808 bits per heavy atom. The van der Waals surface area contributed by atoms with Crippen LogP contribution in [0.25, 0.3) is 33.9 Å². The summed E-state index contributed by atoms with van der Waals surface area (Å²) < 4.78 is 2.05. The van der Waals surface area contributed by atoms with Crippen molar-refractivity contribution in [2.75, 3.05) is 0 Å². The number of aromatic amines is 1. The Labute approximate surface area is 173 Å². The van der Waals surface area contributed by atoms with Crippen LogP contribution in [-0.4, -0.2) is 9.97 Å². The zero-order chi connectivity index (χ0) is 18.1. The van der Waals surface area contributed by atoms with E-state index in [1.807, 2.05) is 54.6 Å². The molecule has 0 saturated heterocycles. The number of rotatable bonds is 3. The molecule has 0 aliphatic heterocycles. The molecule has 4 rings (SSSR count). The van der Waals surface area contributed by atoms with Crippen LogP contribution in [-0.2, 0) is 0 Å². The fraction of sp³-hybridized carbons (Fsp3) is 0. The minimum absolute atomic E-state index is 0.687. The molecule has 0 unspecified atom stereocenters. The molecule has 5 heteroatoms. The van der Waals surface area contributed by atoms with Crippen LogP contribution in [0, 0.1) is 0 Å². The summed E-state index contributed by atoms with van der Waals surface area (Å²) in [5, 5.41) is 0.687. The van der Waals surface area contributed by atoms with Crippen LogP contribution in [0.2, 0.25) is 5.02 Å². The van der Waals surface area contributed by atoms with Gasteiger partial charge in [-0.1, -0.05) is 85.9 Å². The highest BCUT2D eigenvalue weighted by Gasteiger charge is 2.17. The molecule has 0 atom stereocenters. The van der Waals surface area contributed by atoms with Gasteiger partial charge in [0.25, 0.3) is 0 Å². The molecule has 128 valence electrons. The largest absolute Gasteiger partial charge is 0.337 e. The first-order chi connectivity index (χ1) is 12.6. The van der Waals surface area contributed by atoms with Gasteiger partial charge in [-0.3, -0.25) is 0 Å². The molecule has 0 aliphatic carbocycles. The molecule has 1 N–H and O–H groups in total. The molecule has 0 bridgehead atoms. The van der Waals surface area contributed by atoms with Crippen LogP contribution in [0.5, 0.6) is 0 Å². The van der Waals surface area contributed by atoms with Gasteiger partial charge in [0.05, 0.1) is 11.4 Å². The van der Waals surface area contributed by atoms with Gasteiger partial charge in [0.15, 0.2) is 0 Å². The van der Waals surface area contributed by atoms with Crippen molar-refractivity contribution < 1.29 is 0 Å². The summed E-state index contributed by atoms with van der Waals surface area (Å²) in [4.78, 5) is 8.37. The molecule has 26 heavy (non-hydrogen) atoms. The standard InChI is InChI=1S/C21H13Br2ClN2/c22-15-10-8-13(9-11-15)19-20(17-6-1-2-7-18(17)23)26-21(25-19)14-4-3-5-16(24)12-14/h1-12H,(H,25,26). The topological polar surface area (TPSA) is 28.7 Å². The molecule has 0 amide bonds. The van der Waals surface area contributed by atoms with E-state index in [0.717, 1.165) is 42.8 Å². The second kappa shape index (κ2) is 7.39. The maximum absolute atomic E-state index is 6.16. The summed E-state index contributed by atoms with van der Waals surface area (Å²) >= 11 is 13.3. The van der Waals surface area contributed by atoms with E-state index in [4.69, 9.17) is 16.6 Å². The molecular weight excluding hydrogens is 476 g/mol. The second-order valence-electron chi connectivity index (χ2n) is 5.81. The third-order valence-corrected chi connectivity index (χ3v) is 5.52. The highest BCUT2D eigenvalue weighted by molar-refractivity contribution is 9.10. The average molecular weight is 489 g/mol. The first kappa shape index (κ1) is 17.5. The number of H-pyrrole nitrogens is 1. The third-order valence-electron chi connectivity index (χ3n) is 4.06. The van der Waals surface area contributed by atoms with Crippen LogP contribution in [0.1, 0.15) is 0 Å². The van der Waals surface area contributed by atoms with Gasteiger partial charge in [0, 0.05) is 30.7 Å². The van der Waals surface area contributed by atoms with Crippen molar-refractivity contribution in [3.8, 4) is 33.9 Å². The molecular formula is C21H13Br2ClN2. The second-order valence-corrected chi connectivity index (χ2v) is 8.01. The number of aromatic nitrogens is 2. The summed E-state index contributed by atoms with van der Waals surface area (Å²) in [6, 6.07) is 24.0. The minimum atomic E-state index is 0.687. The van der Waals surface area contributed by atoms with Crippen molar-refractivity contribution in [1.82, 2.24) is 9.97 Å². The Balaban J connectivity index is 1.93. The Morgan fingerprint density at radius 2 is 1.58 bits per heavy atom. The molecule has 0 aliphatic rings. The van der Waals surface area contributed by atoms with Gasteiger partial charge in [-0.15, -0.1) is 0 Å². The van der Waals surface area contributed by atoms with Crippen LogP contribution < -0.4 is 0 Å². The lowest BCUT2D eigenvalue weighted by atomic mass is 10.1. The number of halogens is 3. The van der Waals surface area contributed by atoms with Gasteiger partial charge >= 0.3 is 0 Å². The molecule has 1 aromatic heterocycles. The lowest BCUT2D eigenvalue weighted by Crippen LogP contribution is -1.85. The molecule has 0 spiro atoms. The molecule has 0 radical (unpaired) electrons. The van der Waals surface area contributed by atoms with E-state index in [-0.39, 0.29) is 0 Å². The highest BCUT2D eigenvalue weighted by atomic mass is 79.9. The molecule has 1 heterocycles. The minimum Gasteiger partial charge on any atom is -0.337 e. The number of hydrogen-bond donors (Lipinski definition) is 1. The van der Waals surface area contributed by atoms with Gasteiger partial charge in [0.1, 0.15) is 5.82 Å². The van der Waals surface area contributed by atoms with E-state index >= 15 is 0 Å². The quantitative estimate of drug-likeness (QED) is 0.316. The van der Waals surface area contributed by atoms with E-state index in [1.54, 1.807) is 0 Å². The van der Waals surface area contributed by atoms with Crippen molar-refractivity contribution >= 4 is 43.5 Å². The number of benzene rings is 3. The van der Waals surface area contributed by atoms with Crippen molar-refractivity contribution in [3.63, 3.8) is 0 Å². The van der Waals surface area contributed by atoms with Gasteiger partial charge < -0.3 is 4.98 Å². The molecule has 2 nitrogen and oxygen atoms in total. The van der Waals surface area contributed by atoms with Crippen LogP contribution in [0.4, 0.5) is 0 Å². The summed E-state index contributed by atoms with van der Waals surface area (Å²) in [5.41, 5.74) is 4.93. The Hall–Kier alpha value is -1.88. The normalized spacial score (nSPS) is 10.9. The predicted molar refractivity (Wildman–Crippen MR) is 115 cm³/mol. The first-order valence-electron chi connectivity index (χ1n) is 7.98. The fourth-order valence-corrected chi connectivity index (χ4v) is 3.76. The Bertz CT molecular complexity index is 1070. The van der Waals surface area contributed by atoms with Crippen LogP contribution in [0.15, 0.2) is 81.7 Å².